The van der Waals surface area contributed by atoms with Gasteiger partial charge in [0.05, 0.1) is 11.3 Å². The number of hydrogen-bond donors (Lipinski definition) is 2. The van der Waals surface area contributed by atoms with Crippen LogP contribution in [-0.2, 0) is 4.79 Å². The fourth-order valence-corrected chi connectivity index (χ4v) is 4.20. The molecule has 2 atom stereocenters. The van der Waals surface area contributed by atoms with E-state index < -0.39 is 6.10 Å². The van der Waals surface area contributed by atoms with E-state index in [2.05, 4.69) is 30.5 Å². The molecule has 0 spiro atoms. The van der Waals surface area contributed by atoms with Gasteiger partial charge in [-0.25, -0.2) is 0 Å². The van der Waals surface area contributed by atoms with E-state index in [1.54, 1.807) is 12.1 Å². The first-order chi connectivity index (χ1) is 15.5. The van der Waals surface area contributed by atoms with Crippen LogP contribution in [0, 0.1) is 0 Å². The van der Waals surface area contributed by atoms with Gasteiger partial charge < -0.3 is 15.4 Å². The third kappa shape index (κ3) is 6.12. The Kier molecular flexibility index (Phi) is 8.72. The zero-order chi connectivity index (χ0) is 22.9. The first-order valence-electron chi connectivity index (χ1n) is 12.0. The summed E-state index contributed by atoms with van der Waals surface area (Å²) >= 11 is 0. The van der Waals surface area contributed by atoms with Crippen molar-refractivity contribution in [2.75, 3.05) is 5.32 Å². The van der Waals surface area contributed by atoms with Gasteiger partial charge in [-0.2, -0.15) is 0 Å². The second-order valence-corrected chi connectivity index (χ2v) is 8.71. The van der Waals surface area contributed by atoms with Crippen LogP contribution < -0.4 is 15.4 Å². The number of ether oxygens (including phenoxy) is 1. The highest BCUT2D eigenvalue weighted by molar-refractivity contribution is 6.04. The summed E-state index contributed by atoms with van der Waals surface area (Å²) < 4.78 is 6.16. The normalized spacial score (nSPS) is 16.1. The van der Waals surface area contributed by atoms with Crippen LogP contribution in [0.3, 0.4) is 0 Å². The molecule has 0 aliphatic heterocycles. The molecule has 2 unspecified atom stereocenters. The van der Waals surface area contributed by atoms with Crippen molar-refractivity contribution in [1.29, 1.82) is 0 Å². The quantitative estimate of drug-likeness (QED) is 0.502. The molecule has 2 aromatic carbocycles. The van der Waals surface area contributed by atoms with Gasteiger partial charge >= 0.3 is 0 Å². The third-order valence-corrected chi connectivity index (χ3v) is 6.36. The zero-order valence-corrected chi connectivity index (χ0v) is 19.5. The summed E-state index contributed by atoms with van der Waals surface area (Å²) in [7, 11) is 0. The minimum absolute atomic E-state index is 0.135. The summed E-state index contributed by atoms with van der Waals surface area (Å²) in [6, 6.07) is 15.3. The van der Waals surface area contributed by atoms with Gasteiger partial charge in [0.2, 0.25) is 0 Å². The number of amides is 2. The second kappa shape index (κ2) is 11.7. The first-order valence-corrected chi connectivity index (χ1v) is 12.0. The van der Waals surface area contributed by atoms with Crippen molar-refractivity contribution >= 4 is 17.5 Å². The minimum Gasteiger partial charge on any atom is -0.480 e. The average Bonchev–Trinajstić information content (AvgIpc) is 2.83. The van der Waals surface area contributed by atoms with Crippen molar-refractivity contribution in [2.24, 2.45) is 0 Å². The Labute approximate surface area is 191 Å². The van der Waals surface area contributed by atoms with E-state index in [9.17, 15) is 9.59 Å². The van der Waals surface area contributed by atoms with Crippen LogP contribution >= 0.6 is 0 Å². The molecule has 0 heterocycles. The topological polar surface area (TPSA) is 67.4 Å². The summed E-state index contributed by atoms with van der Waals surface area (Å²) in [6.07, 6.45) is 6.44. The molecule has 2 N–H and O–H groups in total. The summed E-state index contributed by atoms with van der Waals surface area (Å²) in [5.41, 5.74) is 2.11. The highest BCUT2D eigenvalue weighted by Crippen LogP contribution is 2.30. The van der Waals surface area contributed by atoms with Crippen LogP contribution in [0.15, 0.2) is 48.5 Å². The maximum atomic E-state index is 13.1. The molecule has 1 saturated carbocycles. The van der Waals surface area contributed by atoms with E-state index in [-0.39, 0.29) is 17.9 Å². The number of anilines is 1. The van der Waals surface area contributed by atoms with E-state index >= 15 is 0 Å². The van der Waals surface area contributed by atoms with Crippen LogP contribution in [0.25, 0.3) is 0 Å². The molecule has 1 aliphatic rings. The number of carbonyl (C=O) groups excluding carboxylic acids is 2. The van der Waals surface area contributed by atoms with Crippen LogP contribution in [0.4, 0.5) is 5.69 Å². The summed E-state index contributed by atoms with van der Waals surface area (Å²) in [6.45, 7) is 6.23. The van der Waals surface area contributed by atoms with Crippen molar-refractivity contribution in [1.82, 2.24) is 5.32 Å². The molecule has 2 aromatic rings. The van der Waals surface area contributed by atoms with Gasteiger partial charge in [-0.1, -0.05) is 70.4 Å². The van der Waals surface area contributed by atoms with E-state index in [0.29, 0.717) is 23.6 Å². The maximum Gasteiger partial charge on any atom is 0.265 e. The Balaban J connectivity index is 1.71. The molecule has 32 heavy (non-hydrogen) atoms. The van der Waals surface area contributed by atoms with Crippen molar-refractivity contribution < 1.29 is 14.3 Å². The predicted molar refractivity (Wildman–Crippen MR) is 129 cm³/mol. The molecule has 1 fully saturated rings. The SMILES string of the molecule is CCC(Oc1ccccc1C(C)CC)C(=O)Nc1ccccc1C(=O)NC1CCCCC1. The van der Waals surface area contributed by atoms with Crippen LogP contribution in [-0.4, -0.2) is 24.0 Å². The molecule has 1 aliphatic carbocycles. The minimum atomic E-state index is -0.644. The van der Waals surface area contributed by atoms with Gasteiger partial charge in [0.1, 0.15) is 5.75 Å². The van der Waals surface area contributed by atoms with Gasteiger partial charge in [0, 0.05) is 6.04 Å². The predicted octanol–water partition coefficient (Wildman–Crippen LogP) is 6.06. The Morgan fingerprint density at radius 1 is 0.969 bits per heavy atom. The van der Waals surface area contributed by atoms with Gasteiger partial charge in [0.25, 0.3) is 11.8 Å². The number of benzene rings is 2. The molecule has 0 aromatic heterocycles. The number of carbonyl (C=O) groups is 2. The molecule has 0 radical (unpaired) electrons. The number of rotatable bonds is 9. The lowest BCUT2D eigenvalue weighted by atomic mass is 9.95. The third-order valence-electron chi connectivity index (χ3n) is 6.36. The Morgan fingerprint density at radius 2 is 1.66 bits per heavy atom. The highest BCUT2D eigenvalue weighted by atomic mass is 16.5. The number of hydrogen-bond acceptors (Lipinski definition) is 3. The van der Waals surface area contributed by atoms with E-state index in [0.717, 1.165) is 43.4 Å². The summed E-state index contributed by atoms with van der Waals surface area (Å²) in [5, 5.41) is 6.07. The lowest BCUT2D eigenvalue weighted by molar-refractivity contribution is -0.122. The first kappa shape index (κ1) is 23.8. The van der Waals surface area contributed by atoms with Crippen molar-refractivity contribution in [3.8, 4) is 5.75 Å². The molecule has 3 rings (SSSR count). The molecular weight excluding hydrogens is 400 g/mol. The van der Waals surface area contributed by atoms with Gasteiger partial charge in [-0.15, -0.1) is 0 Å². The maximum absolute atomic E-state index is 13.1. The molecule has 5 nitrogen and oxygen atoms in total. The van der Waals surface area contributed by atoms with Crippen molar-refractivity contribution in [2.45, 2.75) is 83.8 Å². The monoisotopic (exact) mass is 436 g/mol. The Morgan fingerprint density at radius 3 is 2.38 bits per heavy atom. The van der Waals surface area contributed by atoms with Gasteiger partial charge in [-0.05, 0) is 55.4 Å². The van der Waals surface area contributed by atoms with Crippen LogP contribution in [0.1, 0.15) is 87.6 Å². The Hall–Kier alpha value is -2.82. The number of para-hydroxylation sites is 2. The summed E-state index contributed by atoms with van der Waals surface area (Å²) in [5.74, 6) is 0.705. The van der Waals surface area contributed by atoms with Crippen LogP contribution in [0.2, 0.25) is 0 Å². The second-order valence-electron chi connectivity index (χ2n) is 8.71. The molecule has 172 valence electrons. The van der Waals surface area contributed by atoms with Gasteiger partial charge in [0.15, 0.2) is 6.10 Å². The molecule has 0 bridgehead atoms. The average molecular weight is 437 g/mol. The molecular formula is C27H36N2O3. The summed E-state index contributed by atoms with van der Waals surface area (Å²) in [4.78, 5) is 26.0. The van der Waals surface area contributed by atoms with Crippen LogP contribution in [0.5, 0.6) is 5.75 Å². The molecule has 5 heteroatoms. The fraction of sp³-hybridized carbons (Fsp3) is 0.481. The smallest absolute Gasteiger partial charge is 0.265 e. The standard InChI is InChI=1S/C27H36N2O3/c1-4-19(3)21-15-10-12-18-25(21)32-24(5-2)27(31)29-23-17-11-9-16-22(23)26(30)28-20-13-7-6-8-14-20/h9-12,15-20,24H,4-8,13-14H2,1-3H3,(H,28,30)(H,29,31). The van der Waals surface area contributed by atoms with E-state index in [1.807, 2.05) is 37.3 Å². The number of nitrogens with one attached hydrogen (secondary N) is 2. The largest absolute Gasteiger partial charge is 0.480 e. The van der Waals surface area contributed by atoms with Gasteiger partial charge in [-0.3, -0.25) is 9.59 Å². The highest BCUT2D eigenvalue weighted by Gasteiger charge is 2.23. The lowest BCUT2D eigenvalue weighted by Gasteiger charge is -2.24. The zero-order valence-electron chi connectivity index (χ0n) is 19.5. The molecule has 0 saturated heterocycles. The molecule has 2 amide bonds. The Bertz CT molecular complexity index is 905. The van der Waals surface area contributed by atoms with E-state index in [1.165, 1.54) is 6.42 Å². The fourth-order valence-electron chi connectivity index (χ4n) is 4.20. The lowest BCUT2D eigenvalue weighted by Crippen LogP contribution is -2.37. The van der Waals surface area contributed by atoms with Crippen molar-refractivity contribution in [3.05, 3.63) is 59.7 Å². The van der Waals surface area contributed by atoms with E-state index in [4.69, 9.17) is 4.74 Å². The van der Waals surface area contributed by atoms with Crippen molar-refractivity contribution in [3.63, 3.8) is 0 Å².